The molecule has 2 fully saturated rings. The fraction of sp³-hybridized carbons (Fsp3) is 0.875. The minimum atomic E-state index is 0.0959. The Hall–Kier alpha value is -0.550. The molecule has 0 unspecified atom stereocenters. The molecule has 1 saturated heterocycles. The van der Waals surface area contributed by atoms with E-state index < -0.39 is 0 Å². The van der Waals surface area contributed by atoms with Crippen LogP contribution < -0.4 is 0 Å². The number of nitrogens with zero attached hydrogens (tertiary/aromatic N) is 1. The van der Waals surface area contributed by atoms with Gasteiger partial charge in [-0.3, -0.25) is 0 Å². The number of hydrogen-bond acceptors (Lipinski definition) is 2. The van der Waals surface area contributed by atoms with E-state index in [9.17, 15) is 0 Å². The highest BCUT2D eigenvalue weighted by Gasteiger charge is 2.55. The highest BCUT2D eigenvalue weighted by Crippen LogP contribution is 2.48. The van der Waals surface area contributed by atoms with Crippen LogP contribution in [0.3, 0.4) is 0 Å². The zero-order valence-corrected chi connectivity index (χ0v) is 6.13. The van der Waals surface area contributed by atoms with E-state index in [-0.39, 0.29) is 11.5 Å². The normalized spacial score (nSPS) is 51.2. The standard InChI is InChI=1S/C8H11NO/c1-8-4-6(5-9)2-3-7(8)10-8/h6-7H,2-4H2,1H3/t6-,7-,8+/m0/s1. The molecule has 2 nitrogen and oxygen atoms in total. The molecule has 0 spiro atoms. The van der Waals surface area contributed by atoms with Crippen LogP contribution in [0.1, 0.15) is 26.2 Å². The molecule has 2 heteroatoms. The van der Waals surface area contributed by atoms with Crippen molar-refractivity contribution >= 4 is 0 Å². The molecule has 2 rings (SSSR count). The number of ether oxygens (including phenoxy) is 1. The van der Waals surface area contributed by atoms with Gasteiger partial charge in [0.15, 0.2) is 0 Å². The third kappa shape index (κ3) is 0.741. The number of epoxide rings is 1. The largest absolute Gasteiger partial charge is 0.366 e. The smallest absolute Gasteiger partial charge is 0.0933 e. The summed E-state index contributed by atoms with van der Waals surface area (Å²) in [4.78, 5) is 0. The molecule has 10 heavy (non-hydrogen) atoms. The summed E-state index contributed by atoms with van der Waals surface area (Å²) in [5.74, 6) is 0.253. The fourth-order valence-electron chi connectivity index (χ4n) is 1.89. The third-order valence-electron chi connectivity index (χ3n) is 2.65. The Morgan fingerprint density at radius 1 is 1.60 bits per heavy atom. The molecule has 1 aliphatic heterocycles. The van der Waals surface area contributed by atoms with Gasteiger partial charge in [-0.05, 0) is 26.2 Å². The summed E-state index contributed by atoms with van der Waals surface area (Å²) in [6.45, 7) is 2.11. The van der Waals surface area contributed by atoms with E-state index in [1.165, 1.54) is 0 Å². The first kappa shape index (κ1) is 6.18. The van der Waals surface area contributed by atoms with Gasteiger partial charge in [0.2, 0.25) is 0 Å². The Morgan fingerprint density at radius 2 is 2.40 bits per heavy atom. The van der Waals surface area contributed by atoms with Crippen LogP contribution in [0.25, 0.3) is 0 Å². The maximum Gasteiger partial charge on any atom is 0.0933 e. The van der Waals surface area contributed by atoms with E-state index >= 15 is 0 Å². The van der Waals surface area contributed by atoms with E-state index in [0.29, 0.717) is 6.10 Å². The van der Waals surface area contributed by atoms with Crippen LogP contribution in [0.15, 0.2) is 0 Å². The van der Waals surface area contributed by atoms with E-state index in [4.69, 9.17) is 10.00 Å². The van der Waals surface area contributed by atoms with Gasteiger partial charge in [0.05, 0.1) is 17.8 Å². The topological polar surface area (TPSA) is 36.3 Å². The van der Waals surface area contributed by atoms with Gasteiger partial charge in [0.1, 0.15) is 0 Å². The molecule has 1 aliphatic carbocycles. The second-order valence-electron chi connectivity index (χ2n) is 3.53. The molecular formula is C8H11NO. The van der Waals surface area contributed by atoms with Crippen molar-refractivity contribution in [2.45, 2.75) is 37.9 Å². The SMILES string of the molecule is C[C@@]12C[C@@H](C#N)CC[C@@H]1O2. The summed E-state index contributed by atoms with van der Waals surface area (Å²) in [5, 5.41) is 8.64. The quantitative estimate of drug-likeness (QED) is 0.474. The first-order valence-electron chi connectivity index (χ1n) is 3.82. The van der Waals surface area contributed by atoms with E-state index in [1.54, 1.807) is 0 Å². The Kier molecular flexibility index (Phi) is 1.07. The summed E-state index contributed by atoms with van der Waals surface area (Å²) in [7, 11) is 0. The van der Waals surface area contributed by atoms with Crippen molar-refractivity contribution in [3.8, 4) is 6.07 Å². The van der Waals surface area contributed by atoms with Crippen molar-refractivity contribution in [2.24, 2.45) is 5.92 Å². The Morgan fingerprint density at radius 3 is 3.00 bits per heavy atom. The molecule has 0 aromatic rings. The van der Waals surface area contributed by atoms with Crippen molar-refractivity contribution in [1.29, 1.82) is 5.26 Å². The number of rotatable bonds is 0. The lowest BCUT2D eigenvalue weighted by molar-refractivity contribution is 0.292. The van der Waals surface area contributed by atoms with Crippen molar-refractivity contribution in [1.82, 2.24) is 0 Å². The van der Waals surface area contributed by atoms with Crippen molar-refractivity contribution in [2.75, 3.05) is 0 Å². The van der Waals surface area contributed by atoms with Crippen LogP contribution in [0.2, 0.25) is 0 Å². The fourth-order valence-corrected chi connectivity index (χ4v) is 1.89. The Bertz CT molecular complexity index is 196. The van der Waals surface area contributed by atoms with Gasteiger partial charge in [-0.15, -0.1) is 0 Å². The highest BCUT2D eigenvalue weighted by atomic mass is 16.6. The molecule has 1 saturated carbocycles. The van der Waals surface area contributed by atoms with Gasteiger partial charge in [-0.1, -0.05) is 0 Å². The molecule has 0 aromatic heterocycles. The molecule has 0 radical (unpaired) electrons. The minimum absolute atomic E-state index is 0.0959. The van der Waals surface area contributed by atoms with Crippen LogP contribution in [0, 0.1) is 17.2 Å². The van der Waals surface area contributed by atoms with Gasteiger partial charge in [0, 0.05) is 5.92 Å². The zero-order chi connectivity index (χ0) is 7.19. The summed E-state index contributed by atoms with van der Waals surface area (Å²) in [6, 6.07) is 2.31. The minimum Gasteiger partial charge on any atom is -0.366 e. The van der Waals surface area contributed by atoms with Gasteiger partial charge in [0.25, 0.3) is 0 Å². The Labute approximate surface area is 60.8 Å². The molecule has 2 aliphatic rings. The van der Waals surface area contributed by atoms with Crippen molar-refractivity contribution < 1.29 is 4.74 Å². The van der Waals surface area contributed by atoms with Crippen molar-refractivity contribution in [3.63, 3.8) is 0 Å². The Balaban J connectivity index is 2.04. The molecule has 0 N–H and O–H groups in total. The number of hydrogen-bond donors (Lipinski definition) is 0. The molecular weight excluding hydrogens is 126 g/mol. The van der Waals surface area contributed by atoms with Gasteiger partial charge in [-0.2, -0.15) is 5.26 Å². The summed E-state index contributed by atoms with van der Waals surface area (Å²) in [5.41, 5.74) is 0.0959. The van der Waals surface area contributed by atoms with E-state index in [0.717, 1.165) is 19.3 Å². The van der Waals surface area contributed by atoms with Gasteiger partial charge < -0.3 is 4.74 Å². The summed E-state index contributed by atoms with van der Waals surface area (Å²) < 4.78 is 5.45. The lowest BCUT2D eigenvalue weighted by Crippen LogP contribution is -2.21. The second kappa shape index (κ2) is 1.73. The predicted octanol–water partition coefficient (Wildman–Crippen LogP) is 1.47. The molecule has 0 amide bonds. The van der Waals surface area contributed by atoms with Gasteiger partial charge in [-0.25, -0.2) is 0 Å². The van der Waals surface area contributed by atoms with E-state index in [1.807, 2.05) is 0 Å². The lowest BCUT2D eigenvalue weighted by Gasteiger charge is -2.16. The van der Waals surface area contributed by atoms with Crippen LogP contribution in [-0.2, 0) is 4.74 Å². The monoisotopic (exact) mass is 137 g/mol. The maximum absolute atomic E-state index is 8.64. The third-order valence-corrected chi connectivity index (χ3v) is 2.65. The van der Waals surface area contributed by atoms with Crippen molar-refractivity contribution in [3.05, 3.63) is 0 Å². The van der Waals surface area contributed by atoms with E-state index in [2.05, 4.69) is 13.0 Å². The van der Waals surface area contributed by atoms with Crippen LogP contribution >= 0.6 is 0 Å². The average Bonchev–Trinajstić information content (AvgIpc) is 2.58. The van der Waals surface area contributed by atoms with Crippen LogP contribution in [0.5, 0.6) is 0 Å². The zero-order valence-electron chi connectivity index (χ0n) is 6.13. The number of nitriles is 1. The average molecular weight is 137 g/mol. The first-order chi connectivity index (χ1) is 4.74. The lowest BCUT2D eigenvalue weighted by atomic mass is 9.83. The first-order valence-corrected chi connectivity index (χ1v) is 3.82. The van der Waals surface area contributed by atoms with Crippen LogP contribution in [-0.4, -0.2) is 11.7 Å². The number of fused-ring (bicyclic) bond motifs is 1. The van der Waals surface area contributed by atoms with Crippen LogP contribution in [0.4, 0.5) is 0 Å². The molecule has 0 aromatic carbocycles. The predicted molar refractivity (Wildman–Crippen MR) is 36.2 cm³/mol. The summed E-state index contributed by atoms with van der Waals surface area (Å²) >= 11 is 0. The summed E-state index contributed by atoms with van der Waals surface area (Å²) in [6.07, 6.45) is 3.57. The maximum atomic E-state index is 8.64. The molecule has 1 heterocycles. The second-order valence-corrected chi connectivity index (χ2v) is 3.53. The highest BCUT2D eigenvalue weighted by molar-refractivity contribution is 5.07. The molecule has 3 atom stereocenters. The van der Waals surface area contributed by atoms with Gasteiger partial charge >= 0.3 is 0 Å². The molecule has 0 bridgehead atoms. The molecule has 54 valence electrons.